The Morgan fingerprint density at radius 3 is 2.60 bits per heavy atom. The molecule has 1 aromatic rings. The Kier molecular flexibility index (Phi) is 3.23. The molecule has 0 spiro atoms. The van der Waals surface area contributed by atoms with E-state index in [0.717, 1.165) is 18.8 Å². The van der Waals surface area contributed by atoms with Gasteiger partial charge in [-0.05, 0) is 24.6 Å². The lowest BCUT2D eigenvalue weighted by atomic mass is 10.1. The minimum absolute atomic E-state index is 0.194. The molecule has 0 bridgehead atoms. The van der Waals surface area contributed by atoms with Gasteiger partial charge in [0.15, 0.2) is 0 Å². The van der Waals surface area contributed by atoms with Gasteiger partial charge in [-0.1, -0.05) is 12.1 Å². The molecule has 3 nitrogen and oxygen atoms in total. The molecule has 0 saturated carbocycles. The maximum Gasteiger partial charge on any atom is 0.0953 e. The summed E-state index contributed by atoms with van der Waals surface area (Å²) in [6, 6.07) is 8.41. The van der Waals surface area contributed by atoms with E-state index in [1.165, 1.54) is 5.56 Å². The van der Waals surface area contributed by atoms with E-state index in [9.17, 15) is 0 Å². The number of nitrogens with one attached hydrogen (secondary N) is 2. The molecule has 1 aromatic carbocycles. The van der Waals surface area contributed by atoms with Crippen LogP contribution in [0.5, 0.6) is 0 Å². The van der Waals surface area contributed by atoms with E-state index in [1.54, 1.807) is 0 Å². The first-order valence-corrected chi connectivity index (χ1v) is 5.43. The predicted octanol–water partition coefficient (Wildman–Crippen LogP) is 1.78. The monoisotopic (exact) mass is 206 g/mol. The van der Waals surface area contributed by atoms with Crippen LogP contribution in [-0.4, -0.2) is 26.2 Å². The highest BCUT2D eigenvalue weighted by Gasteiger charge is 2.19. The zero-order chi connectivity index (χ0) is 10.7. The summed E-state index contributed by atoms with van der Waals surface area (Å²) in [5.41, 5.74) is 2.38. The Morgan fingerprint density at radius 2 is 2.00 bits per heavy atom. The summed E-state index contributed by atoms with van der Waals surface area (Å²) in [5, 5.41) is 6.48. The second-order valence-corrected chi connectivity index (χ2v) is 3.97. The SMILES string of the molecule is CNc1ccc([C@H]2CNC[C@@H](C)O2)cc1. The molecule has 82 valence electrons. The van der Waals surface area contributed by atoms with Crippen LogP contribution in [0.4, 0.5) is 5.69 Å². The fourth-order valence-electron chi connectivity index (χ4n) is 1.86. The molecular weight excluding hydrogens is 188 g/mol. The van der Waals surface area contributed by atoms with Gasteiger partial charge in [-0.3, -0.25) is 0 Å². The summed E-state index contributed by atoms with van der Waals surface area (Å²) in [7, 11) is 1.93. The fourth-order valence-corrected chi connectivity index (χ4v) is 1.86. The smallest absolute Gasteiger partial charge is 0.0953 e. The van der Waals surface area contributed by atoms with Crippen molar-refractivity contribution in [1.82, 2.24) is 5.32 Å². The molecular formula is C12H18N2O. The molecule has 0 aliphatic carbocycles. The van der Waals surface area contributed by atoms with Gasteiger partial charge in [0, 0.05) is 25.8 Å². The maximum atomic E-state index is 5.86. The van der Waals surface area contributed by atoms with Crippen molar-refractivity contribution < 1.29 is 4.74 Å². The summed E-state index contributed by atoms with van der Waals surface area (Å²) in [5.74, 6) is 0. The highest BCUT2D eigenvalue weighted by Crippen LogP contribution is 2.22. The second-order valence-electron chi connectivity index (χ2n) is 3.97. The molecule has 2 rings (SSSR count). The topological polar surface area (TPSA) is 33.3 Å². The number of benzene rings is 1. The Bertz CT molecular complexity index is 310. The van der Waals surface area contributed by atoms with E-state index in [2.05, 4.69) is 41.8 Å². The average Bonchev–Trinajstić information content (AvgIpc) is 2.29. The van der Waals surface area contributed by atoms with Crippen LogP contribution in [0.2, 0.25) is 0 Å². The lowest BCUT2D eigenvalue weighted by molar-refractivity contribution is -0.0287. The van der Waals surface area contributed by atoms with Crippen molar-refractivity contribution in [1.29, 1.82) is 0 Å². The van der Waals surface area contributed by atoms with Crippen molar-refractivity contribution >= 4 is 5.69 Å². The second kappa shape index (κ2) is 4.64. The minimum atomic E-state index is 0.194. The van der Waals surface area contributed by atoms with Gasteiger partial charge in [-0.15, -0.1) is 0 Å². The van der Waals surface area contributed by atoms with E-state index in [0.29, 0.717) is 6.10 Å². The van der Waals surface area contributed by atoms with Crippen LogP contribution in [0.15, 0.2) is 24.3 Å². The molecule has 3 heteroatoms. The van der Waals surface area contributed by atoms with E-state index >= 15 is 0 Å². The van der Waals surface area contributed by atoms with E-state index < -0.39 is 0 Å². The fraction of sp³-hybridized carbons (Fsp3) is 0.500. The van der Waals surface area contributed by atoms with Gasteiger partial charge in [0.05, 0.1) is 12.2 Å². The highest BCUT2D eigenvalue weighted by molar-refractivity contribution is 5.44. The lowest BCUT2D eigenvalue weighted by Gasteiger charge is -2.29. The summed E-state index contributed by atoms with van der Waals surface area (Å²) in [4.78, 5) is 0. The summed E-state index contributed by atoms with van der Waals surface area (Å²) < 4.78 is 5.86. The molecule has 1 saturated heterocycles. The van der Waals surface area contributed by atoms with Crippen LogP contribution in [-0.2, 0) is 4.74 Å². The largest absolute Gasteiger partial charge is 0.388 e. The van der Waals surface area contributed by atoms with Gasteiger partial charge < -0.3 is 15.4 Å². The molecule has 0 aromatic heterocycles. The molecule has 1 fully saturated rings. The number of ether oxygens (including phenoxy) is 1. The average molecular weight is 206 g/mol. The van der Waals surface area contributed by atoms with Gasteiger partial charge in [0.25, 0.3) is 0 Å². The van der Waals surface area contributed by atoms with Crippen molar-refractivity contribution in [2.75, 3.05) is 25.5 Å². The van der Waals surface area contributed by atoms with Gasteiger partial charge in [0.2, 0.25) is 0 Å². The highest BCUT2D eigenvalue weighted by atomic mass is 16.5. The normalized spacial score (nSPS) is 26.3. The van der Waals surface area contributed by atoms with Gasteiger partial charge in [-0.2, -0.15) is 0 Å². The Morgan fingerprint density at radius 1 is 1.27 bits per heavy atom. The van der Waals surface area contributed by atoms with E-state index in [4.69, 9.17) is 4.74 Å². The quantitative estimate of drug-likeness (QED) is 0.774. The summed E-state index contributed by atoms with van der Waals surface area (Å²) in [6.07, 6.45) is 0.493. The van der Waals surface area contributed by atoms with Crippen molar-refractivity contribution in [3.63, 3.8) is 0 Å². The van der Waals surface area contributed by atoms with Crippen LogP contribution < -0.4 is 10.6 Å². The molecule has 15 heavy (non-hydrogen) atoms. The van der Waals surface area contributed by atoms with Crippen molar-refractivity contribution in [2.45, 2.75) is 19.1 Å². The van der Waals surface area contributed by atoms with Gasteiger partial charge in [0.1, 0.15) is 0 Å². The first-order chi connectivity index (χ1) is 7.29. The number of morpholine rings is 1. The van der Waals surface area contributed by atoms with E-state index in [-0.39, 0.29) is 6.10 Å². The zero-order valence-corrected chi connectivity index (χ0v) is 9.29. The summed E-state index contributed by atoms with van der Waals surface area (Å²) in [6.45, 7) is 3.95. The number of rotatable bonds is 2. The predicted molar refractivity (Wildman–Crippen MR) is 62.1 cm³/mol. The first kappa shape index (κ1) is 10.5. The molecule has 1 aliphatic rings. The van der Waals surface area contributed by atoms with Crippen LogP contribution in [0.1, 0.15) is 18.6 Å². The molecule has 2 atom stereocenters. The van der Waals surface area contributed by atoms with Crippen LogP contribution in [0.25, 0.3) is 0 Å². The van der Waals surface area contributed by atoms with Crippen LogP contribution in [0, 0.1) is 0 Å². The third kappa shape index (κ3) is 2.49. The molecule has 0 radical (unpaired) electrons. The first-order valence-electron chi connectivity index (χ1n) is 5.43. The zero-order valence-electron chi connectivity index (χ0n) is 9.29. The van der Waals surface area contributed by atoms with Crippen LogP contribution >= 0.6 is 0 Å². The Balaban J connectivity index is 2.07. The number of hydrogen-bond donors (Lipinski definition) is 2. The molecule has 1 heterocycles. The summed E-state index contributed by atoms with van der Waals surface area (Å²) >= 11 is 0. The Hall–Kier alpha value is -1.06. The molecule has 0 amide bonds. The van der Waals surface area contributed by atoms with Crippen LogP contribution in [0.3, 0.4) is 0 Å². The maximum absolute atomic E-state index is 5.86. The standard InChI is InChI=1S/C12H18N2O/c1-9-7-14-8-12(15-9)10-3-5-11(13-2)6-4-10/h3-6,9,12-14H,7-8H2,1-2H3/t9-,12-/m1/s1. The number of hydrogen-bond acceptors (Lipinski definition) is 3. The van der Waals surface area contributed by atoms with Crippen molar-refractivity contribution in [3.05, 3.63) is 29.8 Å². The lowest BCUT2D eigenvalue weighted by Crippen LogP contribution is -2.38. The van der Waals surface area contributed by atoms with Gasteiger partial charge >= 0.3 is 0 Å². The van der Waals surface area contributed by atoms with Crippen molar-refractivity contribution in [3.8, 4) is 0 Å². The molecule has 0 unspecified atom stereocenters. The Labute approximate surface area is 90.8 Å². The molecule has 2 N–H and O–H groups in total. The third-order valence-electron chi connectivity index (χ3n) is 2.73. The number of anilines is 1. The minimum Gasteiger partial charge on any atom is -0.388 e. The van der Waals surface area contributed by atoms with Gasteiger partial charge in [-0.25, -0.2) is 0 Å². The van der Waals surface area contributed by atoms with E-state index in [1.807, 2.05) is 7.05 Å². The third-order valence-corrected chi connectivity index (χ3v) is 2.73. The van der Waals surface area contributed by atoms with Crippen molar-refractivity contribution in [2.24, 2.45) is 0 Å². The molecule has 1 aliphatic heterocycles.